The van der Waals surface area contributed by atoms with Gasteiger partial charge in [0.25, 0.3) is 11.6 Å². The molecule has 0 fully saturated rings. The van der Waals surface area contributed by atoms with Crippen LogP contribution in [0.4, 0.5) is 17.1 Å². The predicted molar refractivity (Wildman–Crippen MR) is 108 cm³/mol. The number of nitrogens with zero attached hydrogens (tertiary/aromatic N) is 2. The molecule has 2 aromatic carbocycles. The minimum absolute atomic E-state index is 0.0461. The first-order valence-electron chi connectivity index (χ1n) is 8.49. The molecule has 0 bridgehead atoms. The Morgan fingerprint density at radius 2 is 2.00 bits per heavy atom. The third kappa shape index (κ3) is 3.38. The summed E-state index contributed by atoms with van der Waals surface area (Å²) >= 11 is 3.55. The Bertz CT molecular complexity index is 985. The second-order valence-electron chi connectivity index (χ2n) is 6.43. The van der Waals surface area contributed by atoms with E-state index in [-0.39, 0.29) is 16.4 Å². The molecule has 6 nitrogen and oxygen atoms in total. The molecule has 4 rings (SSSR count). The maximum Gasteiger partial charge on any atom is 0.271 e. The number of halogens is 1. The van der Waals surface area contributed by atoms with Gasteiger partial charge in [-0.15, -0.1) is 0 Å². The van der Waals surface area contributed by atoms with E-state index in [4.69, 9.17) is 0 Å². The number of nitro groups is 1. The van der Waals surface area contributed by atoms with Gasteiger partial charge in [0.1, 0.15) is 0 Å². The van der Waals surface area contributed by atoms with Crippen LogP contribution in [0.25, 0.3) is 0 Å². The molecule has 1 heterocycles. The molecule has 1 aliphatic heterocycles. The molecular weight excluding hydrogens is 410 g/mol. The van der Waals surface area contributed by atoms with Crippen molar-refractivity contribution in [3.8, 4) is 0 Å². The number of nitro benzene ring substituents is 1. The number of allylic oxidation sites excluding steroid dienone is 2. The van der Waals surface area contributed by atoms with E-state index in [1.165, 1.54) is 12.1 Å². The van der Waals surface area contributed by atoms with Crippen LogP contribution < -0.4 is 10.2 Å². The average Bonchev–Trinajstić information content (AvgIpc) is 2.78. The molecule has 0 saturated heterocycles. The molecule has 0 saturated carbocycles. The molecule has 7 heteroatoms. The van der Waals surface area contributed by atoms with Gasteiger partial charge in [0.05, 0.1) is 22.8 Å². The van der Waals surface area contributed by atoms with Crippen LogP contribution in [0.5, 0.6) is 0 Å². The van der Waals surface area contributed by atoms with Gasteiger partial charge in [-0.05, 0) is 24.1 Å². The molecule has 1 amide bonds. The summed E-state index contributed by atoms with van der Waals surface area (Å²) in [4.78, 5) is 25.9. The number of non-ortho nitro benzene ring substituents is 1. The minimum Gasteiger partial charge on any atom is -0.353 e. The molecule has 1 N–H and O–H groups in total. The van der Waals surface area contributed by atoms with Crippen molar-refractivity contribution in [1.82, 2.24) is 0 Å². The molecule has 0 radical (unpaired) electrons. The number of carbonyl (C=O) groups is 1. The summed E-state index contributed by atoms with van der Waals surface area (Å²) in [5.41, 5.74) is 3.49. The number of nitrogens with one attached hydrogen (secondary N) is 1. The quantitative estimate of drug-likeness (QED) is 0.445. The summed E-state index contributed by atoms with van der Waals surface area (Å²) in [6.45, 7) is 0.336. The first kappa shape index (κ1) is 17.5. The van der Waals surface area contributed by atoms with Crippen LogP contribution >= 0.6 is 15.9 Å². The Morgan fingerprint density at radius 1 is 1.22 bits per heavy atom. The second kappa shape index (κ2) is 7.00. The van der Waals surface area contributed by atoms with Crippen LogP contribution in [0.1, 0.15) is 12.0 Å². The van der Waals surface area contributed by atoms with Crippen LogP contribution in [0.15, 0.2) is 72.0 Å². The number of alkyl halides is 1. The zero-order chi connectivity index (χ0) is 19.0. The van der Waals surface area contributed by atoms with Crippen molar-refractivity contribution >= 4 is 38.9 Å². The summed E-state index contributed by atoms with van der Waals surface area (Å²) in [5.74, 6) is -0.144. The summed E-state index contributed by atoms with van der Waals surface area (Å²) in [6.07, 6.45) is 4.42. The number of benzene rings is 2. The maximum atomic E-state index is 13.4. The number of hydrogen-bond acceptors (Lipinski definition) is 4. The van der Waals surface area contributed by atoms with Crippen LogP contribution in [0.2, 0.25) is 0 Å². The van der Waals surface area contributed by atoms with E-state index >= 15 is 0 Å². The van der Waals surface area contributed by atoms with Crippen LogP contribution in [-0.4, -0.2) is 15.7 Å². The van der Waals surface area contributed by atoms with Crippen LogP contribution in [0.3, 0.4) is 0 Å². The molecule has 1 aliphatic carbocycles. The number of carbonyl (C=O) groups excluding carboxylic acids is 1. The molecule has 27 heavy (non-hydrogen) atoms. The van der Waals surface area contributed by atoms with Gasteiger partial charge in [0.15, 0.2) is 0 Å². The van der Waals surface area contributed by atoms with E-state index in [1.54, 1.807) is 11.0 Å². The van der Waals surface area contributed by atoms with E-state index in [0.717, 1.165) is 11.3 Å². The predicted octanol–water partition coefficient (Wildman–Crippen LogP) is 4.53. The van der Waals surface area contributed by atoms with Gasteiger partial charge >= 0.3 is 0 Å². The molecule has 0 spiro atoms. The standard InChI is InChI=1S/C20H16BrN3O3/c21-14-6-8-17-16(10-14)20(25)23(12-13-4-2-1-3-5-13)19-11-15(24(26)27)7-9-18(19)22-17/h1-9,11,14,22H,10,12H2. The van der Waals surface area contributed by atoms with E-state index in [1.807, 2.05) is 42.5 Å². The lowest BCUT2D eigenvalue weighted by atomic mass is 10.0. The smallest absolute Gasteiger partial charge is 0.271 e. The fraction of sp³-hybridized carbons (Fsp3) is 0.150. The molecule has 2 aromatic rings. The lowest BCUT2D eigenvalue weighted by Crippen LogP contribution is -2.32. The largest absolute Gasteiger partial charge is 0.353 e. The highest BCUT2D eigenvalue weighted by atomic mass is 79.9. The van der Waals surface area contributed by atoms with Gasteiger partial charge in [0.2, 0.25) is 0 Å². The number of fused-ring (bicyclic) bond motifs is 1. The highest BCUT2D eigenvalue weighted by molar-refractivity contribution is 9.09. The Kier molecular flexibility index (Phi) is 4.53. The van der Waals surface area contributed by atoms with Crippen molar-refractivity contribution in [2.45, 2.75) is 17.8 Å². The third-order valence-electron chi connectivity index (χ3n) is 4.64. The SMILES string of the molecule is O=C1C2=C(C=CC(Br)C2)Nc2ccc([N+](=O)[O-])cc2N1Cc1ccccc1. The van der Waals surface area contributed by atoms with E-state index in [9.17, 15) is 14.9 Å². The number of amides is 1. The van der Waals surface area contributed by atoms with E-state index < -0.39 is 4.92 Å². The molecule has 1 unspecified atom stereocenters. The van der Waals surface area contributed by atoms with Gasteiger partial charge in [-0.3, -0.25) is 14.9 Å². The number of rotatable bonds is 3. The third-order valence-corrected chi connectivity index (χ3v) is 5.26. The van der Waals surface area contributed by atoms with Crippen molar-refractivity contribution in [3.63, 3.8) is 0 Å². The maximum absolute atomic E-state index is 13.4. The van der Waals surface area contributed by atoms with Gasteiger partial charge in [0, 0.05) is 28.2 Å². The zero-order valence-corrected chi connectivity index (χ0v) is 15.8. The first-order chi connectivity index (χ1) is 13.0. The number of anilines is 2. The molecule has 2 aliphatic rings. The second-order valence-corrected chi connectivity index (χ2v) is 7.61. The first-order valence-corrected chi connectivity index (χ1v) is 9.41. The van der Waals surface area contributed by atoms with Crippen LogP contribution in [-0.2, 0) is 11.3 Å². The molecule has 1 atom stereocenters. The lowest BCUT2D eigenvalue weighted by molar-refractivity contribution is -0.384. The zero-order valence-electron chi connectivity index (χ0n) is 14.3. The summed E-state index contributed by atoms with van der Waals surface area (Å²) in [7, 11) is 0. The number of hydrogen-bond donors (Lipinski definition) is 1. The highest BCUT2D eigenvalue weighted by Crippen LogP contribution is 2.38. The lowest BCUT2D eigenvalue weighted by Gasteiger charge is -2.24. The fourth-order valence-corrected chi connectivity index (χ4v) is 3.77. The van der Waals surface area contributed by atoms with Crippen molar-refractivity contribution < 1.29 is 9.72 Å². The summed E-state index contributed by atoms with van der Waals surface area (Å²) < 4.78 is 0. The van der Waals surface area contributed by atoms with E-state index in [0.29, 0.717) is 29.9 Å². The highest BCUT2D eigenvalue weighted by Gasteiger charge is 2.31. The molecular formula is C20H16BrN3O3. The monoisotopic (exact) mass is 425 g/mol. The molecule has 0 aromatic heterocycles. The van der Waals surface area contributed by atoms with Crippen molar-refractivity contribution in [1.29, 1.82) is 0 Å². The Labute approximate surface area is 164 Å². The van der Waals surface area contributed by atoms with E-state index in [2.05, 4.69) is 21.2 Å². The normalized spacial score (nSPS) is 18.5. The van der Waals surface area contributed by atoms with Crippen molar-refractivity contribution in [2.24, 2.45) is 0 Å². The minimum atomic E-state index is -0.446. The topological polar surface area (TPSA) is 75.5 Å². The van der Waals surface area contributed by atoms with Crippen LogP contribution in [0, 0.1) is 10.1 Å². The Morgan fingerprint density at radius 3 is 2.74 bits per heavy atom. The van der Waals surface area contributed by atoms with Crippen molar-refractivity contribution in [3.05, 3.63) is 87.6 Å². The Hall–Kier alpha value is -2.93. The summed E-state index contributed by atoms with van der Waals surface area (Å²) in [6, 6.07) is 14.2. The van der Waals surface area contributed by atoms with Crippen molar-refractivity contribution in [2.75, 3.05) is 10.2 Å². The van der Waals surface area contributed by atoms with Gasteiger partial charge in [-0.2, -0.15) is 0 Å². The van der Waals surface area contributed by atoms with Gasteiger partial charge < -0.3 is 10.2 Å². The van der Waals surface area contributed by atoms with Gasteiger partial charge in [-0.25, -0.2) is 0 Å². The summed E-state index contributed by atoms with van der Waals surface area (Å²) in [5, 5.41) is 14.5. The van der Waals surface area contributed by atoms with Gasteiger partial charge in [-0.1, -0.05) is 52.3 Å². The Balaban J connectivity index is 1.84. The fourth-order valence-electron chi connectivity index (χ4n) is 3.30. The molecule has 136 valence electrons. The average molecular weight is 426 g/mol.